The third-order valence-electron chi connectivity index (χ3n) is 11.8. The van der Waals surface area contributed by atoms with Crippen LogP contribution in [0.4, 0.5) is 4.79 Å². The van der Waals surface area contributed by atoms with E-state index in [1.807, 2.05) is 66.6 Å². The number of carbonyl (C=O) groups excluding carboxylic acids is 4. The fourth-order valence-corrected chi connectivity index (χ4v) is 8.61. The molecule has 3 saturated heterocycles. The van der Waals surface area contributed by atoms with Crippen LogP contribution in [0.5, 0.6) is 0 Å². The van der Waals surface area contributed by atoms with Crippen LogP contribution in [0.25, 0.3) is 0 Å². The monoisotopic (exact) mass is 802 g/mol. The molecule has 13 nitrogen and oxygen atoms in total. The van der Waals surface area contributed by atoms with Crippen LogP contribution in [0.2, 0.25) is 0 Å². The van der Waals surface area contributed by atoms with Gasteiger partial charge in [0.1, 0.15) is 17.6 Å². The van der Waals surface area contributed by atoms with Gasteiger partial charge in [-0.05, 0) is 139 Å². The van der Waals surface area contributed by atoms with E-state index in [-0.39, 0.29) is 31.2 Å². The second-order valence-electron chi connectivity index (χ2n) is 18.6. The Labute approximate surface area is 341 Å². The SMILES string of the molecule is CO[C@]1(C)C[C@@H](C)CN(C(=O)OC(C)(C)C)[C@H](CCCN2CCCC2)COC(=O)C(C)(C)C(=O)[C@H](C)[C@H]1O[C@@H]1O[C@H](C)C[C@H](N(C)C)[C@H]1OC(=O)c1ccccc1. The Kier molecular flexibility index (Phi) is 16.2. The zero-order chi connectivity index (χ0) is 42.3. The first kappa shape index (κ1) is 46.6. The van der Waals surface area contributed by atoms with E-state index in [4.69, 9.17) is 28.4 Å². The van der Waals surface area contributed by atoms with Crippen molar-refractivity contribution in [2.75, 3.05) is 54.0 Å². The molecule has 1 amide bonds. The highest BCUT2D eigenvalue weighted by molar-refractivity contribution is 6.04. The molecule has 0 bridgehead atoms. The maximum absolute atomic E-state index is 14.7. The summed E-state index contributed by atoms with van der Waals surface area (Å²) in [5.41, 5.74) is -3.11. The van der Waals surface area contributed by atoms with Gasteiger partial charge in [-0.2, -0.15) is 0 Å². The predicted molar refractivity (Wildman–Crippen MR) is 217 cm³/mol. The van der Waals surface area contributed by atoms with Crippen molar-refractivity contribution in [1.29, 1.82) is 0 Å². The van der Waals surface area contributed by atoms with Crippen LogP contribution in [-0.2, 0) is 38.0 Å². The number of likely N-dealkylation sites (N-methyl/N-ethyl adjacent to an activating group) is 1. The summed E-state index contributed by atoms with van der Waals surface area (Å²) in [5, 5.41) is 0. The molecule has 3 fully saturated rings. The minimum Gasteiger partial charge on any atom is -0.463 e. The molecule has 9 atom stereocenters. The summed E-state index contributed by atoms with van der Waals surface area (Å²) >= 11 is 0. The summed E-state index contributed by atoms with van der Waals surface area (Å²) in [6, 6.07) is 7.98. The van der Waals surface area contributed by atoms with Crippen molar-refractivity contribution < 1.29 is 47.6 Å². The summed E-state index contributed by atoms with van der Waals surface area (Å²) < 4.78 is 38.0. The van der Waals surface area contributed by atoms with Gasteiger partial charge in [0, 0.05) is 19.6 Å². The van der Waals surface area contributed by atoms with Gasteiger partial charge in [-0.15, -0.1) is 0 Å². The molecule has 3 heterocycles. The van der Waals surface area contributed by atoms with Crippen molar-refractivity contribution in [2.24, 2.45) is 17.3 Å². The van der Waals surface area contributed by atoms with Gasteiger partial charge < -0.3 is 43.1 Å². The smallest absolute Gasteiger partial charge is 0.410 e. The highest BCUT2D eigenvalue weighted by atomic mass is 16.7. The van der Waals surface area contributed by atoms with Gasteiger partial charge >= 0.3 is 18.0 Å². The second kappa shape index (κ2) is 19.8. The molecule has 1 aromatic rings. The number of methoxy groups -OCH3 is 1. The van der Waals surface area contributed by atoms with Crippen LogP contribution < -0.4 is 0 Å². The predicted octanol–water partition coefficient (Wildman–Crippen LogP) is 6.36. The van der Waals surface area contributed by atoms with Crippen molar-refractivity contribution in [2.45, 2.75) is 149 Å². The van der Waals surface area contributed by atoms with Crippen LogP contribution >= 0.6 is 0 Å². The number of hydrogen-bond donors (Lipinski definition) is 0. The maximum Gasteiger partial charge on any atom is 0.410 e. The normalized spacial score (nSPS) is 32.2. The van der Waals surface area contributed by atoms with Gasteiger partial charge in [-0.25, -0.2) is 9.59 Å². The largest absolute Gasteiger partial charge is 0.463 e. The fourth-order valence-electron chi connectivity index (χ4n) is 8.61. The molecule has 0 aromatic heterocycles. The average Bonchev–Trinajstić information content (AvgIpc) is 3.67. The molecule has 0 saturated carbocycles. The highest BCUT2D eigenvalue weighted by Gasteiger charge is 2.52. The average molecular weight is 802 g/mol. The number of rotatable bonds is 10. The zero-order valence-corrected chi connectivity index (χ0v) is 36.7. The third kappa shape index (κ3) is 12.2. The first-order valence-electron chi connectivity index (χ1n) is 20.9. The molecule has 0 radical (unpaired) electrons. The van der Waals surface area contributed by atoms with E-state index in [9.17, 15) is 19.2 Å². The van der Waals surface area contributed by atoms with Gasteiger partial charge in [-0.1, -0.05) is 32.0 Å². The Bertz CT molecular complexity index is 1490. The third-order valence-corrected chi connectivity index (χ3v) is 11.8. The first-order valence-corrected chi connectivity index (χ1v) is 20.9. The van der Waals surface area contributed by atoms with E-state index in [2.05, 4.69) is 4.90 Å². The number of nitrogens with zero attached hydrogens (tertiary/aromatic N) is 3. The number of cyclic esters (lactones) is 1. The van der Waals surface area contributed by atoms with Crippen LogP contribution in [-0.4, -0.2) is 140 Å². The molecule has 0 spiro atoms. The minimum absolute atomic E-state index is 0.0778. The molecule has 57 heavy (non-hydrogen) atoms. The number of likely N-dealkylation sites (tertiary alicyclic amines) is 1. The number of amides is 1. The van der Waals surface area contributed by atoms with Gasteiger partial charge in [0.05, 0.1) is 35.5 Å². The Morgan fingerprint density at radius 3 is 2.25 bits per heavy atom. The Hall–Kier alpha value is -3.10. The van der Waals surface area contributed by atoms with Crippen LogP contribution in [0.1, 0.15) is 111 Å². The number of hydrogen-bond acceptors (Lipinski definition) is 12. The van der Waals surface area contributed by atoms with E-state index in [0.717, 1.165) is 26.1 Å². The fraction of sp³-hybridized carbons (Fsp3) is 0.773. The topological polar surface area (TPSA) is 133 Å². The summed E-state index contributed by atoms with van der Waals surface area (Å²) in [5.74, 6) is -2.72. The molecule has 3 aliphatic heterocycles. The lowest BCUT2D eigenvalue weighted by Crippen LogP contribution is -2.60. The number of ketones is 1. The summed E-state index contributed by atoms with van der Waals surface area (Å²) in [4.78, 5) is 62.4. The van der Waals surface area contributed by atoms with Gasteiger partial charge in [0.25, 0.3) is 0 Å². The van der Waals surface area contributed by atoms with Crippen molar-refractivity contribution in [3.63, 3.8) is 0 Å². The molecular formula is C44H71N3O10. The molecule has 4 rings (SSSR count). The van der Waals surface area contributed by atoms with Crippen LogP contribution in [0.15, 0.2) is 30.3 Å². The van der Waals surface area contributed by atoms with Gasteiger partial charge in [-0.3, -0.25) is 9.59 Å². The number of benzene rings is 1. The first-order chi connectivity index (χ1) is 26.7. The van der Waals surface area contributed by atoms with Crippen molar-refractivity contribution in [3.8, 4) is 0 Å². The molecule has 0 aliphatic carbocycles. The van der Waals surface area contributed by atoms with Crippen LogP contribution in [0.3, 0.4) is 0 Å². The van der Waals surface area contributed by atoms with Crippen molar-refractivity contribution in [1.82, 2.24) is 14.7 Å². The lowest BCUT2D eigenvalue weighted by molar-refractivity contribution is -0.295. The van der Waals surface area contributed by atoms with Gasteiger partial charge in [0.2, 0.25) is 0 Å². The quantitative estimate of drug-likeness (QED) is 0.148. The van der Waals surface area contributed by atoms with E-state index in [1.54, 1.807) is 57.0 Å². The number of carbonyl (C=O) groups is 4. The van der Waals surface area contributed by atoms with Crippen LogP contribution in [0, 0.1) is 17.3 Å². The Morgan fingerprint density at radius 2 is 1.65 bits per heavy atom. The molecule has 13 heteroatoms. The maximum atomic E-state index is 14.7. The second-order valence-corrected chi connectivity index (χ2v) is 18.6. The van der Waals surface area contributed by atoms with Gasteiger partial charge in [0.15, 0.2) is 18.2 Å². The molecule has 322 valence electrons. The lowest BCUT2D eigenvalue weighted by atomic mass is 9.74. The van der Waals surface area contributed by atoms with E-state index in [0.29, 0.717) is 24.8 Å². The molecule has 0 unspecified atom stereocenters. The number of esters is 2. The number of ether oxygens (including phenoxy) is 6. The van der Waals surface area contributed by atoms with E-state index >= 15 is 0 Å². The zero-order valence-electron chi connectivity index (χ0n) is 36.7. The molecule has 1 aromatic carbocycles. The Balaban J connectivity index is 1.75. The van der Waals surface area contributed by atoms with E-state index in [1.165, 1.54) is 12.8 Å². The molecule has 3 aliphatic rings. The van der Waals surface area contributed by atoms with E-state index < -0.39 is 70.9 Å². The summed E-state index contributed by atoms with van der Waals surface area (Å²) in [6.45, 7) is 19.4. The lowest BCUT2D eigenvalue weighted by Gasteiger charge is -2.48. The van der Waals surface area contributed by atoms with Crippen molar-refractivity contribution in [3.05, 3.63) is 35.9 Å². The molecule has 0 N–H and O–H groups in total. The van der Waals surface area contributed by atoms with Crippen molar-refractivity contribution >= 4 is 23.8 Å². The summed E-state index contributed by atoms with van der Waals surface area (Å²) in [7, 11) is 5.41. The molecular weight excluding hydrogens is 730 g/mol. The standard InChI is InChI=1S/C44H71N3O10/c1-29-26-44(9,52-12)37(56-39-35(34(45(10)11)25-30(2)54-39)55-38(49)32-19-14-13-15-20-32)31(3)36(48)43(7,8)40(50)53-28-33(21-18-24-46-22-16-17-23-46)47(27-29)41(51)57-42(4,5)6/h13-15,19-20,29-31,33-35,37,39H,16-18,21-28H2,1-12H3/t29-,30-,31+,33-,34+,35-,37-,39+,44-/m1/s1. The number of Topliss-reactive ketones (excluding diaryl/α,β-unsaturated/α-hetero) is 1. The minimum atomic E-state index is -1.59. The summed E-state index contributed by atoms with van der Waals surface area (Å²) in [6.07, 6.45) is 0.912. The highest BCUT2D eigenvalue weighted by Crippen LogP contribution is 2.39. The Morgan fingerprint density at radius 1 is 1.00 bits per heavy atom.